The average molecular weight is 339 g/mol. The number of anilines is 1. The number of carboxylic acid groups (broad SMARTS) is 1. The molecular weight excluding hydrogens is 318 g/mol. The van der Waals surface area contributed by atoms with Crippen LogP contribution < -0.4 is 5.32 Å². The molecule has 0 spiro atoms. The summed E-state index contributed by atoms with van der Waals surface area (Å²) >= 11 is 0. The van der Waals surface area contributed by atoms with E-state index in [9.17, 15) is 18.0 Å². The van der Waals surface area contributed by atoms with E-state index in [1.807, 2.05) is 6.07 Å². The molecule has 2 N–H and O–H groups in total. The van der Waals surface area contributed by atoms with Gasteiger partial charge in [-0.3, -0.25) is 9.59 Å². The van der Waals surface area contributed by atoms with E-state index >= 15 is 0 Å². The minimum absolute atomic E-state index is 0.0366. The number of sulfone groups is 1. The van der Waals surface area contributed by atoms with E-state index in [2.05, 4.69) is 5.32 Å². The molecule has 0 heterocycles. The molecule has 2 rings (SSSR count). The molecular formula is C16H21NO5S. The predicted octanol–water partition coefficient (Wildman–Crippen LogP) is 1.86. The van der Waals surface area contributed by atoms with Crippen LogP contribution in [0.4, 0.5) is 5.69 Å². The minimum Gasteiger partial charge on any atom is -0.481 e. The van der Waals surface area contributed by atoms with Gasteiger partial charge in [0.2, 0.25) is 5.91 Å². The van der Waals surface area contributed by atoms with Gasteiger partial charge < -0.3 is 10.4 Å². The standard InChI is InChI=1S/C16H21NO5S/c1-23(21,22)11-16(7-8-16)10-14(18)17-13-4-2-3-12(9-13)5-6-15(19)20/h2-4,9H,5-8,10-11H2,1H3,(H,17,18)(H,19,20). The highest BCUT2D eigenvalue weighted by atomic mass is 32.2. The SMILES string of the molecule is CS(=O)(=O)CC1(CC(=O)Nc2cccc(CCC(=O)O)c2)CC1. The van der Waals surface area contributed by atoms with E-state index in [0.29, 0.717) is 12.1 Å². The lowest BCUT2D eigenvalue weighted by molar-refractivity contribution is -0.137. The number of hydrogen-bond donors (Lipinski definition) is 2. The molecule has 7 heteroatoms. The predicted molar refractivity (Wildman–Crippen MR) is 87.0 cm³/mol. The zero-order valence-corrected chi connectivity index (χ0v) is 13.9. The molecule has 1 saturated carbocycles. The molecule has 1 fully saturated rings. The molecule has 6 nitrogen and oxygen atoms in total. The molecule has 0 unspecified atom stereocenters. The molecule has 1 aliphatic carbocycles. The number of benzene rings is 1. The van der Waals surface area contributed by atoms with Gasteiger partial charge in [0.05, 0.1) is 5.75 Å². The number of nitrogens with one attached hydrogen (secondary N) is 1. The van der Waals surface area contributed by atoms with Crippen molar-refractivity contribution in [3.63, 3.8) is 0 Å². The highest BCUT2D eigenvalue weighted by molar-refractivity contribution is 7.90. The number of rotatable bonds is 8. The van der Waals surface area contributed by atoms with Crippen LogP contribution in [0, 0.1) is 5.41 Å². The molecule has 1 aromatic carbocycles. The number of hydrogen-bond acceptors (Lipinski definition) is 4. The Kier molecular flexibility index (Phi) is 5.09. The first-order valence-corrected chi connectivity index (χ1v) is 9.52. The first-order valence-electron chi connectivity index (χ1n) is 7.46. The third-order valence-corrected chi connectivity index (χ3v) is 5.04. The molecule has 126 valence electrons. The molecule has 0 aliphatic heterocycles. The van der Waals surface area contributed by atoms with E-state index in [-0.39, 0.29) is 24.5 Å². The molecule has 1 amide bonds. The van der Waals surface area contributed by atoms with Crippen molar-refractivity contribution in [1.82, 2.24) is 0 Å². The lowest BCUT2D eigenvalue weighted by Crippen LogP contribution is -2.23. The zero-order chi connectivity index (χ0) is 17.1. The monoisotopic (exact) mass is 339 g/mol. The van der Waals surface area contributed by atoms with Crippen LogP contribution >= 0.6 is 0 Å². The highest BCUT2D eigenvalue weighted by Crippen LogP contribution is 2.49. The normalized spacial score (nSPS) is 15.9. The van der Waals surface area contributed by atoms with Gasteiger partial charge in [-0.2, -0.15) is 0 Å². The Morgan fingerprint density at radius 1 is 1.30 bits per heavy atom. The van der Waals surface area contributed by atoms with Crippen molar-refractivity contribution in [3.05, 3.63) is 29.8 Å². The van der Waals surface area contributed by atoms with Gasteiger partial charge in [0.25, 0.3) is 0 Å². The molecule has 0 radical (unpaired) electrons. The van der Waals surface area contributed by atoms with Gasteiger partial charge in [-0.25, -0.2) is 8.42 Å². The van der Waals surface area contributed by atoms with E-state index in [4.69, 9.17) is 5.11 Å². The fourth-order valence-corrected chi connectivity index (χ4v) is 4.21. The number of aryl methyl sites for hydroxylation is 1. The highest BCUT2D eigenvalue weighted by Gasteiger charge is 2.46. The Labute approximate surface area is 135 Å². The van der Waals surface area contributed by atoms with Crippen molar-refractivity contribution in [3.8, 4) is 0 Å². The lowest BCUT2D eigenvalue weighted by Gasteiger charge is -2.14. The Morgan fingerprint density at radius 3 is 2.57 bits per heavy atom. The number of carbonyl (C=O) groups excluding carboxylic acids is 1. The van der Waals surface area contributed by atoms with Crippen LogP contribution in [0.2, 0.25) is 0 Å². The summed E-state index contributed by atoms with van der Waals surface area (Å²) in [5.74, 6) is -1.02. The number of amides is 1. The van der Waals surface area contributed by atoms with Crippen LogP contribution in [0.1, 0.15) is 31.2 Å². The molecule has 0 atom stereocenters. The maximum Gasteiger partial charge on any atom is 0.303 e. The van der Waals surface area contributed by atoms with Crippen molar-refractivity contribution in [2.75, 3.05) is 17.3 Å². The van der Waals surface area contributed by atoms with E-state index in [1.165, 1.54) is 6.26 Å². The maximum atomic E-state index is 12.1. The number of aliphatic carboxylic acids is 1. The Balaban J connectivity index is 1.93. The Bertz CT molecular complexity index is 707. The quantitative estimate of drug-likeness (QED) is 0.753. The number of carboxylic acids is 1. The summed E-state index contributed by atoms with van der Waals surface area (Å²) in [6.45, 7) is 0. The summed E-state index contributed by atoms with van der Waals surface area (Å²) in [4.78, 5) is 22.7. The molecule has 1 aliphatic rings. The van der Waals surface area contributed by atoms with E-state index in [1.54, 1.807) is 18.2 Å². The van der Waals surface area contributed by atoms with Gasteiger partial charge in [-0.05, 0) is 42.4 Å². The largest absolute Gasteiger partial charge is 0.481 e. The van der Waals surface area contributed by atoms with Crippen LogP contribution in [-0.2, 0) is 25.8 Å². The third kappa shape index (κ3) is 6.02. The summed E-state index contributed by atoms with van der Waals surface area (Å²) < 4.78 is 22.8. The fourth-order valence-electron chi connectivity index (χ4n) is 2.71. The minimum atomic E-state index is -3.10. The maximum absolute atomic E-state index is 12.1. The fraction of sp³-hybridized carbons (Fsp3) is 0.500. The third-order valence-electron chi connectivity index (χ3n) is 3.90. The molecule has 0 bridgehead atoms. The van der Waals surface area contributed by atoms with E-state index in [0.717, 1.165) is 18.4 Å². The summed E-state index contributed by atoms with van der Waals surface area (Å²) in [6.07, 6.45) is 3.33. The summed E-state index contributed by atoms with van der Waals surface area (Å²) in [6, 6.07) is 7.05. The van der Waals surface area contributed by atoms with Crippen molar-refractivity contribution in [2.45, 2.75) is 32.1 Å². The lowest BCUT2D eigenvalue weighted by atomic mass is 10.0. The van der Waals surface area contributed by atoms with Crippen molar-refractivity contribution >= 4 is 27.4 Å². The van der Waals surface area contributed by atoms with Gasteiger partial charge in [-0.15, -0.1) is 0 Å². The summed E-state index contributed by atoms with van der Waals surface area (Å²) in [7, 11) is -3.10. The van der Waals surface area contributed by atoms with Crippen molar-refractivity contribution < 1.29 is 23.1 Å². The van der Waals surface area contributed by atoms with Crippen LogP contribution in [0.5, 0.6) is 0 Å². The van der Waals surface area contributed by atoms with Gasteiger partial charge in [-0.1, -0.05) is 12.1 Å². The summed E-state index contributed by atoms with van der Waals surface area (Å²) in [5.41, 5.74) is 1.04. The second kappa shape index (κ2) is 6.70. The van der Waals surface area contributed by atoms with Gasteiger partial charge in [0.1, 0.15) is 9.84 Å². The molecule has 1 aromatic rings. The van der Waals surface area contributed by atoms with Crippen LogP contribution in [0.15, 0.2) is 24.3 Å². The van der Waals surface area contributed by atoms with Crippen LogP contribution in [0.3, 0.4) is 0 Å². The first kappa shape index (κ1) is 17.5. The summed E-state index contributed by atoms with van der Waals surface area (Å²) in [5, 5.41) is 11.5. The van der Waals surface area contributed by atoms with Crippen molar-refractivity contribution in [1.29, 1.82) is 0 Å². The zero-order valence-electron chi connectivity index (χ0n) is 13.0. The molecule has 0 aromatic heterocycles. The smallest absolute Gasteiger partial charge is 0.303 e. The molecule has 0 saturated heterocycles. The Morgan fingerprint density at radius 2 is 2.00 bits per heavy atom. The van der Waals surface area contributed by atoms with Crippen LogP contribution in [-0.4, -0.2) is 37.4 Å². The second-order valence-electron chi connectivity index (χ2n) is 6.39. The van der Waals surface area contributed by atoms with Crippen LogP contribution in [0.25, 0.3) is 0 Å². The van der Waals surface area contributed by atoms with Gasteiger partial charge in [0, 0.05) is 24.8 Å². The molecule has 23 heavy (non-hydrogen) atoms. The first-order chi connectivity index (χ1) is 10.7. The number of carbonyl (C=O) groups is 2. The topological polar surface area (TPSA) is 101 Å². The van der Waals surface area contributed by atoms with Gasteiger partial charge in [0.15, 0.2) is 0 Å². The second-order valence-corrected chi connectivity index (χ2v) is 8.53. The Hall–Kier alpha value is -1.89. The average Bonchev–Trinajstić information content (AvgIpc) is 3.13. The van der Waals surface area contributed by atoms with E-state index < -0.39 is 21.2 Å². The van der Waals surface area contributed by atoms with Gasteiger partial charge >= 0.3 is 5.97 Å². The van der Waals surface area contributed by atoms with Crippen molar-refractivity contribution in [2.24, 2.45) is 5.41 Å².